The van der Waals surface area contributed by atoms with Crippen molar-refractivity contribution < 1.29 is 4.74 Å². The summed E-state index contributed by atoms with van der Waals surface area (Å²) >= 11 is 0. The molecule has 0 saturated heterocycles. The van der Waals surface area contributed by atoms with Gasteiger partial charge in [0.15, 0.2) is 5.43 Å². The minimum atomic E-state index is 0.00895. The van der Waals surface area contributed by atoms with Gasteiger partial charge in [-0.05, 0) is 30.3 Å². The van der Waals surface area contributed by atoms with E-state index in [-0.39, 0.29) is 5.43 Å². The molecule has 4 rings (SSSR count). The zero-order valence-electron chi connectivity index (χ0n) is 12.0. The maximum Gasteiger partial charge on any atom is 0.190 e. The molecule has 0 bridgehead atoms. The predicted octanol–water partition coefficient (Wildman–Crippen LogP) is 3.69. The van der Waals surface area contributed by atoms with Crippen molar-refractivity contribution in [2.75, 3.05) is 7.11 Å². The van der Waals surface area contributed by atoms with E-state index in [1.165, 1.54) is 0 Å². The fraction of sp³-hybridized carbons (Fsp3) is 0.0556. The minimum absolute atomic E-state index is 0.00895. The number of methoxy groups -OCH3 is 1. The predicted molar refractivity (Wildman–Crippen MR) is 88.4 cm³/mol. The molecule has 0 amide bonds. The lowest BCUT2D eigenvalue weighted by Crippen LogP contribution is -2.03. The standard InChI is InChI=1S/C18H14N2O2/c1-22-12-4-2-3-11(9-12)16-10-17(21)14-5-6-15-13(7-8-19-15)18(14)20-16/h2-10,19H,1H3,(H,20,21). The van der Waals surface area contributed by atoms with Gasteiger partial charge < -0.3 is 14.7 Å². The summed E-state index contributed by atoms with van der Waals surface area (Å²) in [6, 6.07) is 15.0. The van der Waals surface area contributed by atoms with Gasteiger partial charge in [-0.15, -0.1) is 0 Å². The lowest BCUT2D eigenvalue weighted by atomic mass is 10.1. The molecule has 0 saturated carbocycles. The second-order valence-electron chi connectivity index (χ2n) is 5.21. The number of hydrogen-bond donors (Lipinski definition) is 2. The number of pyridine rings is 1. The first-order valence-corrected chi connectivity index (χ1v) is 7.04. The van der Waals surface area contributed by atoms with Crippen LogP contribution in [0.25, 0.3) is 33.1 Å². The van der Waals surface area contributed by atoms with Crippen molar-refractivity contribution in [3.63, 3.8) is 0 Å². The first-order valence-electron chi connectivity index (χ1n) is 7.04. The molecular formula is C18H14N2O2. The zero-order valence-corrected chi connectivity index (χ0v) is 12.0. The topological polar surface area (TPSA) is 57.9 Å². The third-order valence-electron chi connectivity index (χ3n) is 3.92. The lowest BCUT2D eigenvalue weighted by Gasteiger charge is -2.07. The molecule has 2 aromatic heterocycles. The van der Waals surface area contributed by atoms with Crippen LogP contribution < -0.4 is 10.2 Å². The van der Waals surface area contributed by atoms with Crippen LogP contribution in [0.3, 0.4) is 0 Å². The molecule has 4 aromatic rings. The summed E-state index contributed by atoms with van der Waals surface area (Å²) in [5, 5.41) is 1.71. The van der Waals surface area contributed by atoms with Gasteiger partial charge in [0.2, 0.25) is 0 Å². The molecule has 4 heteroatoms. The fourth-order valence-electron chi connectivity index (χ4n) is 2.80. The average Bonchev–Trinajstić information content (AvgIpc) is 3.04. The molecule has 0 radical (unpaired) electrons. The summed E-state index contributed by atoms with van der Waals surface area (Å²) in [5.74, 6) is 0.762. The van der Waals surface area contributed by atoms with Gasteiger partial charge >= 0.3 is 0 Å². The van der Waals surface area contributed by atoms with Gasteiger partial charge in [0.1, 0.15) is 5.75 Å². The van der Waals surface area contributed by atoms with Gasteiger partial charge in [0, 0.05) is 39.8 Å². The zero-order chi connectivity index (χ0) is 15.1. The van der Waals surface area contributed by atoms with E-state index in [1.807, 2.05) is 48.7 Å². The van der Waals surface area contributed by atoms with E-state index in [9.17, 15) is 4.79 Å². The molecule has 0 aliphatic heterocycles. The number of benzene rings is 2. The summed E-state index contributed by atoms with van der Waals surface area (Å²) < 4.78 is 5.25. The molecule has 0 spiro atoms. The Morgan fingerprint density at radius 3 is 2.77 bits per heavy atom. The summed E-state index contributed by atoms with van der Waals surface area (Å²) in [7, 11) is 1.63. The molecule has 0 fully saturated rings. The van der Waals surface area contributed by atoms with Crippen molar-refractivity contribution in [2.45, 2.75) is 0 Å². The highest BCUT2D eigenvalue weighted by molar-refractivity contribution is 6.04. The molecule has 0 aliphatic rings. The summed E-state index contributed by atoms with van der Waals surface area (Å²) in [5.41, 5.74) is 3.57. The van der Waals surface area contributed by atoms with Crippen molar-refractivity contribution in [3.05, 3.63) is 65.0 Å². The second-order valence-corrected chi connectivity index (χ2v) is 5.21. The largest absolute Gasteiger partial charge is 0.497 e. The van der Waals surface area contributed by atoms with Gasteiger partial charge in [-0.3, -0.25) is 4.79 Å². The molecule has 2 heterocycles. The van der Waals surface area contributed by atoms with Gasteiger partial charge in [0.25, 0.3) is 0 Å². The molecule has 4 nitrogen and oxygen atoms in total. The smallest absolute Gasteiger partial charge is 0.190 e. The molecule has 0 atom stereocenters. The highest BCUT2D eigenvalue weighted by atomic mass is 16.5. The normalized spacial score (nSPS) is 11.1. The number of fused-ring (bicyclic) bond motifs is 3. The van der Waals surface area contributed by atoms with E-state index >= 15 is 0 Å². The summed E-state index contributed by atoms with van der Waals surface area (Å²) in [6.07, 6.45) is 1.88. The van der Waals surface area contributed by atoms with Crippen LogP contribution in [0.4, 0.5) is 0 Å². The third-order valence-corrected chi connectivity index (χ3v) is 3.92. The van der Waals surface area contributed by atoms with Crippen LogP contribution >= 0.6 is 0 Å². The fourth-order valence-corrected chi connectivity index (χ4v) is 2.80. The van der Waals surface area contributed by atoms with Crippen LogP contribution in [0.5, 0.6) is 5.75 Å². The van der Waals surface area contributed by atoms with Crippen molar-refractivity contribution >= 4 is 21.8 Å². The number of ether oxygens (including phenoxy) is 1. The Kier molecular flexibility index (Phi) is 2.76. The lowest BCUT2D eigenvalue weighted by molar-refractivity contribution is 0.415. The Balaban J connectivity index is 2.04. The maximum absolute atomic E-state index is 12.4. The van der Waals surface area contributed by atoms with Gasteiger partial charge in [-0.1, -0.05) is 12.1 Å². The number of nitrogens with one attached hydrogen (secondary N) is 2. The van der Waals surface area contributed by atoms with Crippen LogP contribution in [-0.2, 0) is 0 Å². The van der Waals surface area contributed by atoms with E-state index in [1.54, 1.807) is 13.2 Å². The average molecular weight is 290 g/mol. The maximum atomic E-state index is 12.4. The van der Waals surface area contributed by atoms with Crippen molar-refractivity contribution in [3.8, 4) is 17.0 Å². The van der Waals surface area contributed by atoms with Crippen LogP contribution in [0.1, 0.15) is 0 Å². The SMILES string of the molecule is COc1cccc(-c2cc(=O)c3ccc4[nH]ccc4c3[nH]2)c1. The number of aromatic nitrogens is 2. The molecule has 108 valence electrons. The number of hydrogen-bond acceptors (Lipinski definition) is 2. The monoisotopic (exact) mass is 290 g/mol. The highest BCUT2D eigenvalue weighted by Crippen LogP contribution is 2.26. The Bertz CT molecular complexity index is 1040. The Labute approximate surface area is 126 Å². The number of rotatable bonds is 2. The van der Waals surface area contributed by atoms with Gasteiger partial charge in [0.05, 0.1) is 12.6 Å². The van der Waals surface area contributed by atoms with E-state index in [4.69, 9.17) is 4.74 Å². The minimum Gasteiger partial charge on any atom is -0.497 e. The van der Waals surface area contributed by atoms with Crippen LogP contribution in [0.2, 0.25) is 0 Å². The molecule has 0 aliphatic carbocycles. The van der Waals surface area contributed by atoms with E-state index in [0.717, 1.165) is 33.4 Å². The number of aromatic amines is 2. The van der Waals surface area contributed by atoms with Crippen LogP contribution in [0.15, 0.2) is 59.5 Å². The van der Waals surface area contributed by atoms with E-state index < -0.39 is 0 Å². The molecule has 2 aromatic carbocycles. The Morgan fingerprint density at radius 1 is 1.00 bits per heavy atom. The van der Waals surface area contributed by atoms with Crippen molar-refractivity contribution in [2.24, 2.45) is 0 Å². The highest BCUT2D eigenvalue weighted by Gasteiger charge is 2.08. The number of H-pyrrole nitrogens is 2. The molecular weight excluding hydrogens is 276 g/mol. The summed E-state index contributed by atoms with van der Waals surface area (Å²) in [4.78, 5) is 19.0. The van der Waals surface area contributed by atoms with Crippen molar-refractivity contribution in [1.82, 2.24) is 9.97 Å². The second kappa shape index (κ2) is 4.77. The Hall–Kier alpha value is -3.01. The third kappa shape index (κ3) is 1.89. The Morgan fingerprint density at radius 2 is 1.91 bits per heavy atom. The van der Waals surface area contributed by atoms with Crippen molar-refractivity contribution in [1.29, 1.82) is 0 Å². The summed E-state index contributed by atoms with van der Waals surface area (Å²) in [6.45, 7) is 0. The first-order chi connectivity index (χ1) is 10.8. The molecule has 0 unspecified atom stereocenters. The molecule has 22 heavy (non-hydrogen) atoms. The van der Waals surface area contributed by atoms with Gasteiger partial charge in [-0.25, -0.2) is 0 Å². The molecule has 2 N–H and O–H groups in total. The first kappa shape index (κ1) is 12.7. The van der Waals surface area contributed by atoms with E-state index in [2.05, 4.69) is 9.97 Å². The van der Waals surface area contributed by atoms with Gasteiger partial charge in [-0.2, -0.15) is 0 Å². The quantitative estimate of drug-likeness (QED) is 0.591. The van der Waals surface area contributed by atoms with E-state index in [0.29, 0.717) is 5.39 Å². The van der Waals surface area contributed by atoms with Crippen LogP contribution in [0, 0.1) is 0 Å². The van der Waals surface area contributed by atoms with Crippen LogP contribution in [-0.4, -0.2) is 17.1 Å².